The Kier molecular flexibility index (Phi) is 3.72. The third kappa shape index (κ3) is 2.92. The lowest BCUT2D eigenvalue weighted by Gasteiger charge is -2.22. The van der Waals surface area contributed by atoms with Gasteiger partial charge in [-0.25, -0.2) is 4.98 Å². The van der Waals surface area contributed by atoms with Gasteiger partial charge in [0.1, 0.15) is 5.82 Å². The van der Waals surface area contributed by atoms with Gasteiger partial charge in [0.2, 0.25) is 0 Å². The van der Waals surface area contributed by atoms with Gasteiger partial charge >= 0.3 is 0 Å². The van der Waals surface area contributed by atoms with Gasteiger partial charge in [0.05, 0.1) is 17.6 Å². The van der Waals surface area contributed by atoms with Crippen LogP contribution in [0.25, 0.3) is 0 Å². The highest BCUT2D eigenvalue weighted by atomic mass is 16.5. The molecule has 16 heavy (non-hydrogen) atoms. The zero-order valence-electron chi connectivity index (χ0n) is 9.99. The van der Waals surface area contributed by atoms with Crippen LogP contribution in [0.1, 0.15) is 24.2 Å². The lowest BCUT2D eigenvalue weighted by atomic mass is 10.0. The third-order valence-electron chi connectivity index (χ3n) is 3.10. The van der Waals surface area contributed by atoms with Crippen LogP contribution in [0.2, 0.25) is 0 Å². The van der Waals surface area contributed by atoms with Crippen LogP contribution in [0, 0.1) is 19.8 Å². The molecule has 0 unspecified atom stereocenters. The first-order valence-corrected chi connectivity index (χ1v) is 5.87. The van der Waals surface area contributed by atoms with Gasteiger partial charge in [-0.05, 0) is 32.6 Å². The summed E-state index contributed by atoms with van der Waals surface area (Å²) in [6.45, 7) is 6.73. The van der Waals surface area contributed by atoms with Gasteiger partial charge in [0.25, 0.3) is 0 Å². The number of nitrogens with zero attached hydrogens (tertiary/aromatic N) is 2. The molecule has 1 fully saturated rings. The molecule has 0 saturated carbocycles. The van der Waals surface area contributed by atoms with Gasteiger partial charge in [-0.1, -0.05) is 0 Å². The minimum absolute atomic E-state index is 0.706. The van der Waals surface area contributed by atoms with Crippen molar-refractivity contribution < 1.29 is 4.74 Å². The van der Waals surface area contributed by atoms with Crippen LogP contribution in [0.15, 0.2) is 6.20 Å². The molecule has 0 aliphatic carbocycles. The summed E-state index contributed by atoms with van der Waals surface area (Å²) < 4.78 is 5.33. The van der Waals surface area contributed by atoms with Gasteiger partial charge in [-0.3, -0.25) is 4.98 Å². The van der Waals surface area contributed by atoms with Crippen LogP contribution in [-0.4, -0.2) is 29.7 Å². The lowest BCUT2D eigenvalue weighted by Crippen LogP contribution is -2.23. The SMILES string of the molecule is Cc1ncc(NCC2CCOCC2)nc1C. The van der Waals surface area contributed by atoms with E-state index in [1.165, 1.54) is 0 Å². The Morgan fingerprint density at radius 3 is 2.75 bits per heavy atom. The molecule has 0 amide bonds. The van der Waals surface area contributed by atoms with Crippen LogP contribution in [0.3, 0.4) is 0 Å². The molecule has 2 rings (SSSR count). The summed E-state index contributed by atoms with van der Waals surface area (Å²) >= 11 is 0. The molecule has 2 heterocycles. The van der Waals surface area contributed by atoms with Crippen LogP contribution in [0.5, 0.6) is 0 Å². The van der Waals surface area contributed by atoms with Crippen LogP contribution in [0.4, 0.5) is 5.82 Å². The van der Waals surface area contributed by atoms with Crippen LogP contribution < -0.4 is 5.32 Å². The largest absolute Gasteiger partial charge is 0.381 e. The lowest BCUT2D eigenvalue weighted by molar-refractivity contribution is 0.0699. The molecule has 4 heteroatoms. The molecule has 0 radical (unpaired) electrons. The topological polar surface area (TPSA) is 47.0 Å². The molecule has 0 spiro atoms. The van der Waals surface area contributed by atoms with E-state index in [-0.39, 0.29) is 0 Å². The van der Waals surface area contributed by atoms with Gasteiger partial charge in [-0.15, -0.1) is 0 Å². The molecule has 0 aromatic carbocycles. The molecule has 1 aliphatic heterocycles. The highest BCUT2D eigenvalue weighted by Crippen LogP contribution is 2.15. The van der Waals surface area contributed by atoms with Gasteiger partial charge < -0.3 is 10.1 Å². The Balaban J connectivity index is 1.86. The first-order chi connectivity index (χ1) is 7.75. The number of anilines is 1. The number of hydrogen-bond donors (Lipinski definition) is 1. The van der Waals surface area contributed by atoms with Crippen molar-refractivity contribution in [3.05, 3.63) is 17.6 Å². The normalized spacial score (nSPS) is 17.4. The first-order valence-electron chi connectivity index (χ1n) is 5.87. The van der Waals surface area contributed by atoms with Crippen molar-refractivity contribution in [2.24, 2.45) is 5.92 Å². The fourth-order valence-electron chi connectivity index (χ4n) is 1.83. The number of ether oxygens (including phenoxy) is 1. The van der Waals surface area contributed by atoms with Crippen molar-refractivity contribution in [2.75, 3.05) is 25.1 Å². The minimum Gasteiger partial charge on any atom is -0.381 e. The Bertz CT molecular complexity index is 348. The molecular formula is C12H19N3O. The molecule has 1 saturated heterocycles. The second-order valence-corrected chi connectivity index (χ2v) is 4.36. The summed E-state index contributed by atoms with van der Waals surface area (Å²) in [5.74, 6) is 1.59. The standard InChI is InChI=1S/C12H19N3O/c1-9-10(2)15-12(8-13-9)14-7-11-3-5-16-6-4-11/h8,11H,3-7H2,1-2H3,(H,14,15). The maximum absolute atomic E-state index is 5.33. The molecule has 1 aliphatic rings. The number of aryl methyl sites for hydroxylation is 2. The van der Waals surface area contributed by atoms with E-state index in [4.69, 9.17) is 4.74 Å². The third-order valence-corrected chi connectivity index (χ3v) is 3.10. The van der Waals surface area contributed by atoms with Crippen molar-refractivity contribution in [2.45, 2.75) is 26.7 Å². The summed E-state index contributed by atoms with van der Waals surface area (Å²) in [4.78, 5) is 8.74. The van der Waals surface area contributed by atoms with Gasteiger partial charge in [0.15, 0.2) is 0 Å². The fourth-order valence-corrected chi connectivity index (χ4v) is 1.83. The summed E-state index contributed by atoms with van der Waals surface area (Å²) in [5.41, 5.74) is 1.99. The average Bonchev–Trinajstić information content (AvgIpc) is 2.32. The predicted molar refractivity (Wildman–Crippen MR) is 63.5 cm³/mol. The molecule has 1 aromatic heterocycles. The summed E-state index contributed by atoms with van der Waals surface area (Å²) in [5, 5.41) is 3.35. The second-order valence-electron chi connectivity index (χ2n) is 4.36. The average molecular weight is 221 g/mol. The van der Waals surface area contributed by atoms with E-state index >= 15 is 0 Å². The molecule has 0 bridgehead atoms. The molecule has 1 N–H and O–H groups in total. The quantitative estimate of drug-likeness (QED) is 0.847. The summed E-state index contributed by atoms with van der Waals surface area (Å²) in [7, 11) is 0. The van der Waals surface area contributed by atoms with Crippen molar-refractivity contribution >= 4 is 5.82 Å². The maximum atomic E-state index is 5.33. The zero-order chi connectivity index (χ0) is 11.4. The Morgan fingerprint density at radius 1 is 1.31 bits per heavy atom. The molecule has 0 atom stereocenters. The van der Waals surface area contributed by atoms with E-state index < -0.39 is 0 Å². The minimum atomic E-state index is 0.706. The van der Waals surface area contributed by atoms with E-state index in [2.05, 4.69) is 15.3 Å². The molecule has 4 nitrogen and oxygen atoms in total. The highest BCUT2D eigenvalue weighted by Gasteiger charge is 2.13. The monoisotopic (exact) mass is 221 g/mol. The van der Waals surface area contributed by atoms with Crippen molar-refractivity contribution in [3.8, 4) is 0 Å². The zero-order valence-corrected chi connectivity index (χ0v) is 9.99. The molecule has 1 aromatic rings. The highest BCUT2D eigenvalue weighted by molar-refractivity contribution is 5.33. The van der Waals surface area contributed by atoms with Crippen LogP contribution >= 0.6 is 0 Å². The molecule has 88 valence electrons. The number of nitrogens with one attached hydrogen (secondary N) is 1. The fraction of sp³-hybridized carbons (Fsp3) is 0.667. The number of aromatic nitrogens is 2. The maximum Gasteiger partial charge on any atom is 0.144 e. The van der Waals surface area contributed by atoms with Crippen molar-refractivity contribution in [3.63, 3.8) is 0 Å². The van der Waals surface area contributed by atoms with Crippen LogP contribution in [-0.2, 0) is 4.74 Å². The summed E-state index contributed by atoms with van der Waals surface area (Å²) in [6.07, 6.45) is 4.10. The van der Waals surface area contributed by atoms with Gasteiger partial charge in [0, 0.05) is 19.8 Å². The van der Waals surface area contributed by atoms with E-state index in [0.29, 0.717) is 5.92 Å². The number of hydrogen-bond acceptors (Lipinski definition) is 4. The van der Waals surface area contributed by atoms with Crippen molar-refractivity contribution in [1.82, 2.24) is 9.97 Å². The smallest absolute Gasteiger partial charge is 0.144 e. The van der Waals surface area contributed by atoms with E-state index in [1.807, 2.05) is 20.0 Å². The predicted octanol–water partition coefficient (Wildman–Crippen LogP) is 1.93. The molecular weight excluding hydrogens is 202 g/mol. The second kappa shape index (κ2) is 5.25. The Hall–Kier alpha value is -1.16. The van der Waals surface area contributed by atoms with E-state index in [1.54, 1.807) is 0 Å². The summed E-state index contributed by atoms with van der Waals surface area (Å²) in [6, 6.07) is 0. The van der Waals surface area contributed by atoms with Crippen molar-refractivity contribution in [1.29, 1.82) is 0 Å². The number of rotatable bonds is 3. The van der Waals surface area contributed by atoms with E-state index in [9.17, 15) is 0 Å². The Morgan fingerprint density at radius 2 is 2.06 bits per heavy atom. The first kappa shape index (κ1) is 11.3. The Labute approximate surface area is 96.4 Å². The van der Waals surface area contributed by atoms with Gasteiger partial charge in [-0.2, -0.15) is 0 Å². The van der Waals surface area contributed by atoms with E-state index in [0.717, 1.165) is 49.8 Å².